The number of hydrogen-bond donors (Lipinski definition) is 1. The third-order valence-electron chi connectivity index (χ3n) is 8.00. The van der Waals surface area contributed by atoms with Gasteiger partial charge in [-0.15, -0.1) is 0 Å². The van der Waals surface area contributed by atoms with Gasteiger partial charge in [0.2, 0.25) is 21.8 Å². The number of carbonyl (C=O) groups excluding carboxylic acids is 2. The number of fused-ring (bicyclic) bond motifs is 1. The van der Waals surface area contributed by atoms with Gasteiger partial charge in [0.05, 0.1) is 17.4 Å². The number of carbonyl (C=O) groups is 2. The molecule has 194 valence electrons. The van der Waals surface area contributed by atoms with E-state index in [2.05, 4.69) is 10.3 Å². The molecule has 9 heteroatoms. The molecule has 2 atom stereocenters. The van der Waals surface area contributed by atoms with E-state index in [4.69, 9.17) is 0 Å². The molecule has 36 heavy (non-hydrogen) atoms. The van der Waals surface area contributed by atoms with E-state index in [0.717, 1.165) is 43.9 Å². The van der Waals surface area contributed by atoms with Gasteiger partial charge in [-0.25, -0.2) is 8.42 Å². The second-order valence-corrected chi connectivity index (χ2v) is 12.4. The van der Waals surface area contributed by atoms with E-state index in [9.17, 15) is 18.0 Å². The first-order valence-electron chi connectivity index (χ1n) is 13.4. The molecule has 2 amide bonds. The molecule has 8 nitrogen and oxygen atoms in total. The lowest BCUT2D eigenvalue weighted by Crippen LogP contribution is -2.51. The standard InChI is InChI=1S/C27H36N4O4S/c32-26(29-23-12-2-1-3-13-23)21-10-6-16-30(18-21)27(33)22-11-7-17-31(19-22)36(34,35)24-14-4-8-20-9-5-15-28-25(20)24/h4-5,8-9,14-15,21-23H,1-3,6-7,10-13,16-19H2,(H,29,32). The molecule has 1 aromatic heterocycles. The van der Waals surface area contributed by atoms with Crippen LogP contribution in [0.4, 0.5) is 0 Å². The van der Waals surface area contributed by atoms with Crippen LogP contribution in [0.1, 0.15) is 57.8 Å². The van der Waals surface area contributed by atoms with Crippen LogP contribution < -0.4 is 5.32 Å². The molecule has 2 aliphatic heterocycles. The molecule has 1 aromatic carbocycles. The Morgan fingerprint density at radius 2 is 1.61 bits per heavy atom. The number of nitrogens with zero attached hydrogens (tertiary/aromatic N) is 3. The molecule has 3 aliphatic rings. The van der Waals surface area contributed by atoms with E-state index >= 15 is 0 Å². The number of hydrogen-bond acceptors (Lipinski definition) is 5. The van der Waals surface area contributed by atoms with Crippen LogP contribution >= 0.6 is 0 Å². The molecule has 2 saturated heterocycles. The van der Waals surface area contributed by atoms with Gasteiger partial charge in [-0.05, 0) is 50.7 Å². The lowest BCUT2D eigenvalue weighted by Gasteiger charge is -2.38. The van der Waals surface area contributed by atoms with Gasteiger partial charge in [0, 0.05) is 43.8 Å². The second kappa shape index (κ2) is 10.8. The van der Waals surface area contributed by atoms with E-state index in [1.165, 1.54) is 10.7 Å². The molecule has 2 aromatic rings. The van der Waals surface area contributed by atoms with Crippen LogP contribution in [-0.4, -0.2) is 66.6 Å². The number of aromatic nitrogens is 1. The van der Waals surface area contributed by atoms with Gasteiger partial charge in [0.25, 0.3) is 0 Å². The molecular weight excluding hydrogens is 476 g/mol. The van der Waals surface area contributed by atoms with Crippen LogP contribution in [0.25, 0.3) is 10.9 Å². The molecule has 1 saturated carbocycles. The molecule has 0 spiro atoms. The summed E-state index contributed by atoms with van der Waals surface area (Å²) in [6.45, 7) is 1.61. The number of sulfonamides is 1. The smallest absolute Gasteiger partial charge is 0.245 e. The molecule has 2 unspecified atom stereocenters. The van der Waals surface area contributed by atoms with E-state index in [1.54, 1.807) is 29.3 Å². The number of likely N-dealkylation sites (tertiary alicyclic amines) is 1. The predicted molar refractivity (Wildman–Crippen MR) is 138 cm³/mol. The maximum atomic E-state index is 13.6. The predicted octanol–water partition coefficient (Wildman–Crippen LogP) is 3.32. The highest BCUT2D eigenvalue weighted by molar-refractivity contribution is 7.89. The van der Waals surface area contributed by atoms with Gasteiger partial charge < -0.3 is 10.2 Å². The van der Waals surface area contributed by atoms with Gasteiger partial charge in [0.15, 0.2) is 0 Å². The Bertz CT molecular complexity index is 1210. The zero-order valence-corrected chi connectivity index (χ0v) is 21.6. The minimum atomic E-state index is -3.79. The van der Waals surface area contributed by atoms with Crippen molar-refractivity contribution in [1.82, 2.24) is 19.5 Å². The SMILES string of the molecule is O=C(NC1CCCCC1)C1CCCN(C(=O)C2CCCN(S(=O)(=O)c3cccc4cccnc34)C2)C1. The quantitative estimate of drug-likeness (QED) is 0.663. The molecule has 0 bridgehead atoms. The topological polar surface area (TPSA) is 99.7 Å². The average Bonchev–Trinajstić information content (AvgIpc) is 2.93. The summed E-state index contributed by atoms with van der Waals surface area (Å²) < 4.78 is 28.6. The fraction of sp³-hybridized carbons (Fsp3) is 0.593. The van der Waals surface area contributed by atoms with Crippen molar-refractivity contribution < 1.29 is 18.0 Å². The van der Waals surface area contributed by atoms with Crippen molar-refractivity contribution in [1.29, 1.82) is 0 Å². The first kappa shape index (κ1) is 25.1. The molecule has 0 radical (unpaired) electrons. The number of nitrogens with one attached hydrogen (secondary N) is 1. The van der Waals surface area contributed by atoms with Crippen LogP contribution in [0.5, 0.6) is 0 Å². The molecule has 3 fully saturated rings. The summed E-state index contributed by atoms with van der Waals surface area (Å²) >= 11 is 0. The summed E-state index contributed by atoms with van der Waals surface area (Å²) in [5, 5.41) is 3.99. The summed E-state index contributed by atoms with van der Waals surface area (Å²) in [7, 11) is -3.79. The number of pyridine rings is 1. The zero-order valence-electron chi connectivity index (χ0n) is 20.8. The summed E-state index contributed by atoms with van der Waals surface area (Å²) in [6.07, 6.45) is 10.1. The van der Waals surface area contributed by atoms with Gasteiger partial charge in [-0.3, -0.25) is 14.6 Å². The third kappa shape index (κ3) is 5.27. The Kier molecular flexibility index (Phi) is 7.57. The molecule has 3 heterocycles. The van der Waals surface area contributed by atoms with Crippen molar-refractivity contribution in [3.05, 3.63) is 36.5 Å². The highest BCUT2D eigenvalue weighted by Crippen LogP contribution is 2.30. The van der Waals surface area contributed by atoms with Crippen LogP contribution in [0, 0.1) is 11.8 Å². The van der Waals surface area contributed by atoms with Crippen LogP contribution in [0.3, 0.4) is 0 Å². The zero-order chi connectivity index (χ0) is 25.1. The number of piperidine rings is 2. The molecular formula is C27H36N4O4S. The largest absolute Gasteiger partial charge is 0.353 e. The second-order valence-electron chi connectivity index (χ2n) is 10.5. The van der Waals surface area contributed by atoms with Crippen molar-refractivity contribution in [2.24, 2.45) is 11.8 Å². The van der Waals surface area contributed by atoms with Crippen LogP contribution in [0.2, 0.25) is 0 Å². The lowest BCUT2D eigenvalue weighted by atomic mass is 9.91. The fourth-order valence-corrected chi connectivity index (χ4v) is 7.69. The van der Waals surface area contributed by atoms with Crippen molar-refractivity contribution in [2.75, 3.05) is 26.2 Å². The number of para-hydroxylation sites is 1. The Hall–Kier alpha value is -2.52. The van der Waals surface area contributed by atoms with Crippen molar-refractivity contribution in [3.8, 4) is 0 Å². The third-order valence-corrected chi connectivity index (χ3v) is 9.90. The molecule has 1 aliphatic carbocycles. The Morgan fingerprint density at radius 3 is 2.44 bits per heavy atom. The summed E-state index contributed by atoms with van der Waals surface area (Å²) in [4.78, 5) is 32.7. The number of benzene rings is 1. The van der Waals surface area contributed by atoms with E-state index < -0.39 is 15.9 Å². The van der Waals surface area contributed by atoms with E-state index in [-0.39, 0.29) is 35.2 Å². The van der Waals surface area contributed by atoms with E-state index in [0.29, 0.717) is 38.0 Å². The van der Waals surface area contributed by atoms with Crippen molar-refractivity contribution >= 4 is 32.7 Å². The monoisotopic (exact) mass is 512 g/mol. The summed E-state index contributed by atoms with van der Waals surface area (Å²) in [5.41, 5.74) is 0.455. The number of amides is 2. The van der Waals surface area contributed by atoms with Gasteiger partial charge >= 0.3 is 0 Å². The molecule has 5 rings (SSSR count). The minimum absolute atomic E-state index is 0.0267. The molecule has 1 N–H and O–H groups in total. The Labute approximate surface area is 213 Å². The minimum Gasteiger partial charge on any atom is -0.353 e. The number of rotatable bonds is 5. The summed E-state index contributed by atoms with van der Waals surface area (Å²) in [6, 6.07) is 9.07. The Morgan fingerprint density at radius 1 is 0.861 bits per heavy atom. The maximum Gasteiger partial charge on any atom is 0.245 e. The van der Waals surface area contributed by atoms with Gasteiger partial charge in [-0.1, -0.05) is 37.5 Å². The first-order valence-corrected chi connectivity index (χ1v) is 14.8. The average molecular weight is 513 g/mol. The van der Waals surface area contributed by atoms with Gasteiger partial charge in [-0.2, -0.15) is 4.31 Å². The Balaban J connectivity index is 1.25. The van der Waals surface area contributed by atoms with Crippen molar-refractivity contribution in [3.63, 3.8) is 0 Å². The first-order chi connectivity index (χ1) is 17.4. The summed E-state index contributed by atoms with van der Waals surface area (Å²) in [5.74, 6) is -0.539. The maximum absolute atomic E-state index is 13.6. The van der Waals surface area contributed by atoms with Crippen LogP contribution in [0.15, 0.2) is 41.4 Å². The normalized spacial score (nSPS) is 24.5. The lowest BCUT2D eigenvalue weighted by molar-refractivity contribution is -0.140. The van der Waals surface area contributed by atoms with Crippen LogP contribution in [-0.2, 0) is 19.6 Å². The highest BCUT2D eigenvalue weighted by atomic mass is 32.2. The van der Waals surface area contributed by atoms with Gasteiger partial charge in [0.1, 0.15) is 4.90 Å². The van der Waals surface area contributed by atoms with E-state index in [1.807, 2.05) is 12.1 Å². The van der Waals surface area contributed by atoms with Crippen molar-refractivity contribution in [2.45, 2.75) is 68.7 Å². The highest BCUT2D eigenvalue weighted by Gasteiger charge is 2.38. The fourth-order valence-electron chi connectivity index (χ4n) is 6.00.